The van der Waals surface area contributed by atoms with E-state index in [0.29, 0.717) is 0 Å². The fourth-order valence-corrected chi connectivity index (χ4v) is 3.43. The Labute approximate surface area is 134 Å². The second kappa shape index (κ2) is 5.47. The van der Waals surface area contributed by atoms with Gasteiger partial charge in [0, 0.05) is 5.69 Å². The number of hydrogen-bond donors (Lipinski definition) is 2. The largest absolute Gasteiger partial charge is 0.477 e. The number of nitrogens with zero attached hydrogens (tertiary/aromatic N) is 1. The molecule has 4 rings (SSSR count). The van der Waals surface area contributed by atoms with Gasteiger partial charge in [0.05, 0.1) is 5.69 Å². The van der Waals surface area contributed by atoms with Crippen molar-refractivity contribution < 1.29 is 9.90 Å². The lowest BCUT2D eigenvalue weighted by Gasteiger charge is -2.16. The molecule has 23 heavy (non-hydrogen) atoms. The van der Waals surface area contributed by atoms with Crippen LogP contribution < -0.4 is 0 Å². The first-order valence-corrected chi connectivity index (χ1v) is 7.95. The van der Waals surface area contributed by atoms with Gasteiger partial charge in [-0.3, -0.25) is 4.57 Å². The van der Waals surface area contributed by atoms with Gasteiger partial charge >= 0.3 is 5.97 Å². The summed E-state index contributed by atoms with van der Waals surface area (Å²) in [5.74, 6) is -0.108. The molecule has 3 aromatic rings. The van der Waals surface area contributed by atoms with Crippen LogP contribution in [-0.4, -0.2) is 20.6 Å². The minimum Gasteiger partial charge on any atom is -0.477 e. The smallest absolute Gasteiger partial charge is 0.352 e. The Morgan fingerprint density at radius 1 is 1.04 bits per heavy atom. The number of carboxylic acid groups (broad SMARTS) is 1. The third kappa shape index (κ3) is 2.36. The summed E-state index contributed by atoms with van der Waals surface area (Å²) in [6.45, 7) is 0. The molecule has 0 saturated heterocycles. The number of carboxylic acids is 1. The van der Waals surface area contributed by atoms with Crippen LogP contribution in [0.3, 0.4) is 0 Å². The van der Waals surface area contributed by atoms with Crippen molar-refractivity contribution in [1.29, 1.82) is 0 Å². The van der Waals surface area contributed by atoms with Crippen molar-refractivity contribution in [2.75, 3.05) is 0 Å². The van der Waals surface area contributed by atoms with Crippen molar-refractivity contribution in [2.24, 2.45) is 0 Å². The highest BCUT2D eigenvalue weighted by Crippen LogP contribution is 2.33. The van der Waals surface area contributed by atoms with E-state index in [1.54, 1.807) is 6.07 Å². The molecule has 0 unspecified atom stereocenters. The average Bonchev–Trinajstić information content (AvgIpc) is 3.20. The van der Waals surface area contributed by atoms with Gasteiger partial charge in [-0.1, -0.05) is 30.3 Å². The maximum Gasteiger partial charge on any atom is 0.352 e. The molecule has 4 nitrogen and oxygen atoms in total. The highest BCUT2D eigenvalue weighted by molar-refractivity contribution is 5.86. The molecule has 1 aromatic carbocycles. The maximum atomic E-state index is 11.2. The summed E-state index contributed by atoms with van der Waals surface area (Å²) < 4.78 is 2.19. The first-order chi connectivity index (χ1) is 11.2. The number of aryl methyl sites for hydroxylation is 1. The van der Waals surface area contributed by atoms with Gasteiger partial charge in [-0.15, -0.1) is 0 Å². The molecule has 2 heterocycles. The molecule has 1 aliphatic rings. The molecule has 0 atom stereocenters. The molecule has 0 radical (unpaired) electrons. The van der Waals surface area contributed by atoms with Crippen LogP contribution in [0.25, 0.3) is 17.1 Å². The normalized spacial score (nSPS) is 13.7. The zero-order valence-electron chi connectivity index (χ0n) is 12.7. The molecule has 2 aromatic heterocycles. The number of benzene rings is 1. The topological polar surface area (TPSA) is 58.0 Å². The molecule has 4 heteroatoms. The lowest BCUT2D eigenvalue weighted by atomic mass is 9.98. The number of H-pyrrole nitrogens is 1. The monoisotopic (exact) mass is 306 g/mol. The van der Waals surface area contributed by atoms with Crippen LogP contribution in [0.5, 0.6) is 0 Å². The molecule has 0 amide bonds. The maximum absolute atomic E-state index is 11.2. The van der Waals surface area contributed by atoms with Crippen molar-refractivity contribution in [2.45, 2.75) is 25.7 Å². The van der Waals surface area contributed by atoms with E-state index >= 15 is 0 Å². The number of nitrogens with one attached hydrogen (secondary N) is 1. The van der Waals surface area contributed by atoms with Crippen LogP contribution in [-0.2, 0) is 12.8 Å². The molecule has 1 aliphatic carbocycles. The van der Waals surface area contributed by atoms with E-state index in [1.807, 2.05) is 24.3 Å². The number of fused-ring (bicyclic) bond motifs is 1. The third-order valence-corrected chi connectivity index (χ3v) is 4.51. The summed E-state index contributed by atoms with van der Waals surface area (Å²) in [5.41, 5.74) is 5.16. The van der Waals surface area contributed by atoms with E-state index in [2.05, 4.69) is 27.8 Å². The van der Waals surface area contributed by atoms with Crippen molar-refractivity contribution in [1.82, 2.24) is 9.55 Å². The summed E-state index contributed by atoms with van der Waals surface area (Å²) in [4.78, 5) is 14.2. The minimum absolute atomic E-state index is 0.220. The predicted molar refractivity (Wildman–Crippen MR) is 89.2 cm³/mol. The van der Waals surface area contributed by atoms with Gasteiger partial charge in [-0.25, -0.2) is 4.79 Å². The van der Waals surface area contributed by atoms with Gasteiger partial charge in [-0.05, 0) is 55.0 Å². The Morgan fingerprint density at radius 2 is 1.83 bits per heavy atom. The lowest BCUT2D eigenvalue weighted by molar-refractivity contribution is 0.0691. The standard InChI is InChI=1S/C19H18N2O2/c22-19(23)15-10-11-18(20-15)21-16-9-5-4-8-14(16)12-17(21)13-6-2-1-3-7-13/h1-3,6-7,10-12,20H,4-5,8-9H2,(H,22,23). The zero-order valence-corrected chi connectivity index (χ0v) is 12.7. The molecule has 0 bridgehead atoms. The molecule has 0 fully saturated rings. The number of aromatic carboxylic acids is 1. The Kier molecular flexibility index (Phi) is 3.30. The van der Waals surface area contributed by atoms with Crippen LogP contribution in [0.4, 0.5) is 0 Å². The van der Waals surface area contributed by atoms with E-state index in [0.717, 1.165) is 29.9 Å². The number of aromatic amines is 1. The first kappa shape index (κ1) is 13.9. The van der Waals surface area contributed by atoms with Crippen molar-refractivity contribution >= 4 is 5.97 Å². The summed E-state index contributed by atoms with van der Waals surface area (Å²) >= 11 is 0. The second-order valence-electron chi connectivity index (χ2n) is 5.97. The van der Waals surface area contributed by atoms with Crippen molar-refractivity contribution in [3.63, 3.8) is 0 Å². The van der Waals surface area contributed by atoms with Gasteiger partial charge in [0.1, 0.15) is 11.5 Å². The van der Waals surface area contributed by atoms with Crippen LogP contribution in [0.15, 0.2) is 48.5 Å². The fraction of sp³-hybridized carbons (Fsp3) is 0.211. The van der Waals surface area contributed by atoms with Gasteiger partial charge in [0.25, 0.3) is 0 Å². The third-order valence-electron chi connectivity index (χ3n) is 4.51. The molecular weight excluding hydrogens is 288 g/mol. The number of aromatic nitrogens is 2. The van der Waals surface area contributed by atoms with E-state index in [-0.39, 0.29) is 5.69 Å². The zero-order chi connectivity index (χ0) is 15.8. The van der Waals surface area contributed by atoms with Crippen LogP contribution in [0, 0.1) is 0 Å². The minimum atomic E-state index is -0.932. The fourth-order valence-electron chi connectivity index (χ4n) is 3.43. The average molecular weight is 306 g/mol. The summed E-state index contributed by atoms with van der Waals surface area (Å²) in [7, 11) is 0. The van der Waals surface area contributed by atoms with E-state index in [9.17, 15) is 9.90 Å². The highest BCUT2D eigenvalue weighted by atomic mass is 16.4. The summed E-state index contributed by atoms with van der Waals surface area (Å²) in [6, 6.07) is 16.0. The SMILES string of the molecule is O=C(O)c1ccc(-n2c(-c3ccccc3)cc3c2CCCC3)[nH]1. The van der Waals surface area contributed by atoms with Crippen molar-refractivity contribution in [3.05, 3.63) is 65.5 Å². The molecule has 0 saturated carbocycles. The van der Waals surface area contributed by atoms with Crippen molar-refractivity contribution in [3.8, 4) is 17.1 Å². The summed E-state index contributed by atoms with van der Waals surface area (Å²) in [6.07, 6.45) is 4.52. The van der Waals surface area contributed by atoms with Crippen LogP contribution >= 0.6 is 0 Å². The molecule has 0 spiro atoms. The van der Waals surface area contributed by atoms with Gasteiger partial charge in [0.15, 0.2) is 0 Å². The van der Waals surface area contributed by atoms with E-state index in [4.69, 9.17) is 0 Å². The Bertz CT molecular complexity index is 859. The van der Waals surface area contributed by atoms with Crippen LogP contribution in [0.1, 0.15) is 34.6 Å². The number of carbonyl (C=O) groups is 1. The number of hydrogen-bond acceptors (Lipinski definition) is 1. The first-order valence-electron chi connectivity index (χ1n) is 7.95. The quantitative estimate of drug-likeness (QED) is 0.767. The Morgan fingerprint density at radius 3 is 2.57 bits per heavy atom. The molecule has 2 N–H and O–H groups in total. The number of rotatable bonds is 3. The van der Waals surface area contributed by atoms with E-state index < -0.39 is 5.97 Å². The molecule has 0 aliphatic heterocycles. The van der Waals surface area contributed by atoms with Gasteiger partial charge < -0.3 is 10.1 Å². The van der Waals surface area contributed by atoms with Gasteiger partial charge in [-0.2, -0.15) is 0 Å². The van der Waals surface area contributed by atoms with Crippen LogP contribution in [0.2, 0.25) is 0 Å². The highest BCUT2D eigenvalue weighted by Gasteiger charge is 2.21. The molecule has 116 valence electrons. The summed E-state index contributed by atoms with van der Waals surface area (Å²) in [5, 5.41) is 9.18. The Hall–Kier alpha value is -2.75. The predicted octanol–water partition coefficient (Wildman–Crippen LogP) is 4.05. The lowest BCUT2D eigenvalue weighted by Crippen LogP contribution is -2.08. The van der Waals surface area contributed by atoms with E-state index in [1.165, 1.54) is 24.1 Å². The second-order valence-corrected chi connectivity index (χ2v) is 5.97. The Balaban J connectivity index is 1.92. The molecular formula is C19H18N2O2. The van der Waals surface area contributed by atoms with Gasteiger partial charge in [0.2, 0.25) is 0 Å².